The van der Waals surface area contributed by atoms with E-state index in [4.69, 9.17) is 16.3 Å². The third-order valence-electron chi connectivity index (χ3n) is 4.55. The molecule has 3 rings (SSSR count). The van der Waals surface area contributed by atoms with Crippen molar-refractivity contribution in [3.05, 3.63) is 65.2 Å². The number of benzene rings is 2. The van der Waals surface area contributed by atoms with Crippen LogP contribution >= 0.6 is 11.6 Å². The van der Waals surface area contributed by atoms with Crippen LogP contribution in [0.2, 0.25) is 5.02 Å². The van der Waals surface area contributed by atoms with Gasteiger partial charge >= 0.3 is 5.97 Å². The predicted octanol–water partition coefficient (Wildman–Crippen LogP) is 3.97. The van der Waals surface area contributed by atoms with Gasteiger partial charge in [-0.05, 0) is 49.6 Å². The molecule has 1 amide bonds. The number of nitrogens with zero attached hydrogens (tertiary/aromatic N) is 1. The summed E-state index contributed by atoms with van der Waals surface area (Å²) in [6, 6.07) is 16.6. The van der Waals surface area contributed by atoms with Crippen molar-refractivity contribution < 1.29 is 14.3 Å². The topological polar surface area (TPSA) is 46.6 Å². The largest absolute Gasteiger partial charge is 0.455 e. The number of likely N-dealkylation sites (N-methyl/N-ethyl adjacent to an activating group) is 1. The Morgan fingerprint density at radius 3 is 2.28 bits per heavy atom. The maximum absolute atomic E-state index is 12.5. The molecule has 0 bridgehead atoms. The summed E-state index contributed by atoms with van der Waals surface area (Å²) >= 11 is 5.91. The Morgan fingerprint density at radius 2 is 1.72 bits per heavy atom. The third kappa shape index (κ3) is 3.69. The lowest BCUT2D eigenvalue weighted by atomic mass is 9.96. The zero-order valence-electron chi connectivity index (χ0n) is 14.1. The lowest BCUT2D eigenvalue weighted by molar-refractivity contribution is -0.150. The van der Waals surface area contributed by atoms with E-state index in [1.807, 2.05) is 49.4 Å². The molecule has 0 atom stereocenters. The number of carbonyl (C=O) groups is 2. The molecule has 0 saturated heterocycles. The van der Waals surface area contributed by atoms with Crippen molar-refractivity contribution in [2.45, 2.75) is 25.2 Å². The Hall–Kier alpha value is -2.33. The van der Waals surface area contributed by atoms with Crippen molar-refractivity contribution in [3.63, 3.8) is 0 Å². The minimum Gasteiger partial charge on any atom is -0.455 e. The number of para-hydroxylation sites is 1. The number of carbonyl (C=O) groups excluding carboxylic acids is 2. The first-order chi connectivity index (χ1) is 12.1. The van der Waals surface area contributed by atoms with Gasteiger partial charge in [-0.3, -0.25) is 9.59 Å². The fourth-order valence-corrected chi connectivity index (χ4v) is 3.08. The van der Waals surface area contributed by atoms with Gasteiger partial charge in [0, 0.05) is 17.3 Å². The number of amides is 1. The molecule has 1 saturated carbocycles. The van der Waals surface area contributed by atoms with Crippen molar-refractivity contribution in [2.75, 3.05) is 18.1 Å². The molecule has 0 heterocycles. The monoisotopic (exact) mass is 357 g/mol. The lowest BCUT2D eigenvalue weighted by Gasteiger charge is -2.22. The first kappa shape index (κ1) is 17.5. The molecule has 130 valence electrons. The standard InChI is InChI=1S/C20H20ClNO3/c1-2-22(17-6-4-3-5-7-17)18(23)14-25-19(24)20(12-13-20)15-8-10-16(21)11-9-15/h3-11H,2,12-14H2,1H3. The summed E-state index contributed by atoms with van der Waals surface area (Å²) in [5.41, 5.74) is 1.07. The van der Waals surface area contributed by atoms with Crippen molar-refractivity contribution in [3.8, 4) is 0 Å². The van der Waals surface area contributed by atoms with Gasteiger partial charge in [-0.2, -0.15) is 0 Å². The smallest absolute Gasteiger partial charge is 0.317 e. The maximum Gasteiger partial charge on any atom is 0.317 e. The summed E-state index contributed by atoms with van der Waals surface area (Å²) in [5.74, 6) is -0.568. The Kier molecular flexibility index (Phi) is 5.09. The van der Waals surface area contributed by atoms with E-state index in [0.29, 0.717) is 11.6 Å². The van der Waals surface area contributed by atoms with Crippen LogP contribution in [0.4, 0.5) is 5.69 Å². The Morgan fingerprint density at radius 1 is 1.08 bits per heavy atom. The molecule has 1 aliphatic carbocycles. The minimum atomic E-state index is -0.616. The molecule has 25 heavy (non-hydrogen) atoms. The van der Waals surface area contributed by atoms with Crippen LogP contribution in [-0.2, 0) is 19.7 Å². The van der Waals surface area contributed by atoms with Gasteiger partial charge in [-0.1, -0.05) is 41.9 Å². The van der Waals surface area contributed by atoms with Gasteiger partial charge in [-0.25, -0.2) is 0 Å². The molecule has 0 aromatic heterocycles. The number of esters is 1. The number of hydrogen-bond donors (Lipinski definition) is 0. The van der Waals surface area contributed by atoms with E-state index in [1.54, 1.807) is 17.0 Å². The second kappa shape index (κ2) is 7.28. The van der Waals surface area contributed by atoms with Crippen LogP contribution in [0.3, 0.4) is 0 Å². The number of hydrogen-bond acceptors (Lipinski definition) is 3. The van der Waals surface area contributed by atoms with Gasteiger partial charge in [0.2, 0.25) is 0 Å². The van der Waals surface area contributed by atoms with Gasteiger partial charge < -0.3 is 9.64 Å². The van der Waals surface area contributed by atoms with E-state index in [0.717, 1.165) is 24.1 Å². The van der Waals surface area contributed by atoms with Crippen molar-refractivity contribution in [1.82, 2.24) is 0 Å². The summed E-state index contributed by atoms with van der Waals surface area (Å²) in [6.45, 7) is 2.16. The molecule has 2 aromatic carbocycles. The predicted molar refractivity (Wildman–Crippen MR) is 97.8 cm³/mol. The molecule has 1 aliphatic rings. The van der Waals surface area contributed by atoms with Gasteiger partial charge in [0.1, 0.15) is 0 Å². The highest BCUT2D eigenvalue weighted by molar-refractivity contribution is 6.30. The normalized spacial score (nSPS) is 14.6. The van der Waals surface area contributed by atoms with Crippen molar-refractivity contribution in [1.29, 1.82) is 0 Å². The van der Waals surface area contributed by atoms with Gasteiger partial charge in [0.15, 0.2) is 6.61 Å². The highest BCUT2D eigenvalue weighted by Crippen LogP contribution is 2.49. The van der Waals surface area contributed by atoms with E-state index < -0.39 is 5.41 Å². The third-order valence-corrected chi connectivity index (χ3v) is 4.80. The summed E-state index contributed by atoms with van der Waals surface area (Å²) in [5, 5.41) is 0.629. The summed E-state index contributed by atoms with van der Waals surface area (Å²) in [4.78, 5) is 26.6. The molecule has 2 aromatic rings. The van der Waals surface area contributed by atoms with Crippen molar-refractivity contribution >= 4 is 29.2 Å². The molecule has 0 aliphatic heterocycles. The molecular formula is C20H20ClNO3. The second-order valence-electron chi connectivity index (χ2n) is 6.14. The Balaban J connectivity index is 1.64. The van der Waals surface area contributed by atoms with Crippen LogP contribution in [-0.4, -0.2) is 25.0 Å². The molecule has 1 fully saturated rings. The first-order valence-corrected chi connectivity index (χ1v) is 8.73. The maximum atomic E-state index is 12.5. The SMILES string of the molecule is CCN(C(=O)COC(=O)C1(c2ccc(Cl)cc2)CC1)c1ccccc1. The van der Waals surface area contributed by atoms with Crippen LogP contribution in [0, 0.1) is 0 Å². The van der Waals surface area contributed by atoms with E-state index in [9.17, 15) is 9.59 Å². The molecule has 4 nitrogen and oxygen atoms in total. The number of rotatable bonds is 6. The molecule has 0 radical (unpaired) electrons. The van der Waals surface area contributed by atoms with E-state index >= 15 is 0 Å². The van der Waals surface area contributed by atoms with Gasteiger partial charge in [0.25, 0.3) is 5.91 Å². The van der Waals surface area contributed by atoms with Crippen LogP contribution in [0.15, 0.2) is 54.6 Å². The lowest BCUT2D eigenvalue weighted by Crippen LogP contribution is -2.36. The number of halogens is 1. The summed E-state index contributed by atoms with van der Waals surface area (Å²) < 4.78 is 5.36. The van der Waals surface area contributed by atoms with Crippen LogP contribution in [0.25, 0.3) is 0 Å². The number of ether oxygens (including phenoxy) is 1. The van der Waals surface area contributed by atoms with Gasteiger partial charge in [-0.15, -0.1) is 0 Å². The molecule has 5 heteroatoms. The van der Waals surface area contributed by atoms with Crippen LogP contribution < -0.4 is 4.90 Å². The Bertz CT molecular complexity index is 754. The molecule has 0 spiro atoms. The van der Waals surface area contributed by atoms with Crippen molar-refractivity contribution in [2.24, 2.45) is 0 Å². The summed E-state index contributed by atoms with van der Waals surface area (Å²) in [7, 11) is 0. The fraction of sp³-hybridized carbons (Fsp3) is 0.300. The quantitative estimate of drug-likeness (QED) is 0.735. The van der Waals surface area contributed by atoms with Crippen LogP contribution in [0.5, 0.6) is 0 Å². The number of anilines is 1. The Labute approximate surface area is 152 Å². The van der Waals surface area contributed by atoms with Crippen LogP contribution in [0.1, 0.15) is 25.3 Å². The average molecular weight is 358 g/mol. The van der Waals surface area contributed by atoms with E-state index in [1.165, 1.54) is 0 Å². The van der Waals surface area contributed by atoms with Gasteiger partial charge in [0.05, 0.1) is 5.41 Å². The zero-order chi connectivity index (χ0) is 17.9. The fourth-order valence-electron chi connectivity index (χ4n) is 2.96. The second-order valence-corrected chi connectivity index (χ2v) is 6.58. The summed E-state index contributed by atoms with van der Waals surface area (Å²) in [6.07, 6.45) is 1.47. The molecule has 0 N–H and O–H groups in total. The zero-order valence-corrected chi connectivity index (χ0v) is 14.8. The van der Waals surface area contributed by atoms with E-state index in [2.05, 4.69) is 0 Å². The van der Waals surface area contributed by atoms with E-state index in [-0.39, 0.29) is 18.5 Å². The average Bonchev–Trinajstić information content (AvgIpc) is 3.44. The molecular weight excluding hydrogens is 338 g/mol. The highest BCUT2D eigenvalue weighted by Gasteiger charge is 2.52. The first-order valence-electron chi connectivity index (χ1n) is 8.35. The minimum absolute atomic E-state index is 0.228. The molecule has 0 unspecified atom stereocenters. The highest BCUT2D eigenvalue weighted by atomic mass is 35.5.